The third-order valence-electron chi connectivity index (χ3n) is 4.33. The molecule has 8 heteroatoms. The van der Waals surface area contributed by atoms with E-state index in [2.05, 4.69) is 28.1 Å². The van der Waals surface area contributed by atoms with E-state index in [0.29, 0.717) is 22.5 Å². The lowest BCUT2D eigenvalue weighted by Crippen LogP contribution is -2.46. The van der Waals surface area contributed by atoms with Crippen molar-refractivity contribution in [3.05, 3.63) is 100 Å². The van der Waals surface area contributed by atoms with Crippen molar-refractivity contribution in [2.45, 2.75) is 27.2 Å². The highest BCUT2D eigenvalue weighted by atomic mass is 35.5. The molecule has 0 aliphatic carbocycles. The van der Waals surface area contributed by atoms with Crippen LogP contribution in [0.5, 0.6) is 0 Å². The molecule has 4 N–H and O–H groups in total. The molecular formula is C25H27ClN4O2S. The number of carbonyl (C=O) groups is 2. The molecule has 0 spiro atoms. The Kier molecular flexibility index (Phi) is 9.84. The first-order valence-corrected chi connectivity index (χ1v) is 11.1. The number of thiocarbonyl (C=S) groups is 1. The third kappa shape index (κ3) is 8.56. The topological polar surface area (TPSA) is 82.3 Å². The fourth-order valence-corrected chi connectivity index (χ4v) is 3.16. The van der Waals surface area contributed by atoms with Crippen LogP contribution < -0.4 is 21.5 Å². The summed E-state index contributed by atoms with van der Waals surface area (Å²) in [6.45, 7) is 9.57. The number of rotatable bonds is 7. The Morgan fingerprint density at radius 3 is 2.36 bits per heavy atom. The highest BCUT2D eigenvalue weighted by Crippen LogP contribution is 2.15. The monoisotopic (exact) mass is 482 g/mol. The van der Waals surface area contributed by atoms with Crippen molar-refractivity contribution in [1.29, 1.82) is 0 Å². The van der Waals surface area contributed by atoms with E-state index < -0.39 is 5.91 Å². The quantitative estimate of drug-likeness (QED) is 0.245. The molecule has 2 aromatic carbocycles. The standard InChI is InChI=1S/C25H27ClN4O2S/c1-5-6-7-11-22(18(4)26)28-25(33)30-29-24(32)19-9-8-10-21(15-19)27-23(31)20-13-16(2)12-17(3)14-20/h6-15H,4-5H2,1-3H3,(H,27,31)(H,29,32)(H2,28,30,33)/b7-6-,22-11+. The second-order valence-corrected chi connectivity index (χ2v) is 8.13. The summed E-state index contributed by atoms with van der Waals surface area (Å²) >= 11 is 11.2. The van der Waals surface area contributed by atoms with Gasteiger partial charge in [-0.05, 0) is 68.9 Å². The fourth-order valence-electron chi connectivity index (χ4n) is 2.89. The highest BCUT2D eigenvalue weighted by Gasteiger charge is 2.11. The SMILES string of the molecule is C=C(Cl)/C(=C\C=C/CC)NC(=S)NNC(=O)c1cccc(NC(=O)c2cc(C)cc(C)c2)c1. The zero-order chi connectivity index (χ0) is 24.4. The predicted octanol–water partition coefficient (Wildman–Crippen LogP) is 5.27. The number of hydrogen-bond acceptors (Lipinski definition) is 3. The number of aryl methyl sites for hydroxylation is 2. The average molecular weight is 483 g/mol. The van der Waals surface area contributed by atoms with Gasteiger partial charge in [0.2, 0.25) is 0 Å². The Morgan fingerprint density at radius 1 is 1.03 bits per heavy atom. The molecule has 0 atom stereocenters. The number of allylic oxidation sites excluding steroid dienone is 4. The molecule has 0 aliphatic heterocycles. The molecule has 0 bridgehead atoms. The van der Waals surface area contributed by atoms with Gasteiger partial charge in [0.1, 0.15) is 0 Å². The Hall–Kier alpha value is -3.42. The van der Waals surface area contributed by atoms with Crippen LogP contribution in [0.1, 0.15) is 45.2 Å². The first kappa shape index (κ1) is 25.8. The van der Waals surface area contributed by atoms with Gasteiger partial charge in [-0.15, -0.1) is 0 Å². The fraction of sp³-hybridized carbons (Fsp3) is 0.160. The van der Waals surface area contributed by atoms with Crippen LogP contribution in [0.15, 0.2) is 78.0 Å². The van der Waals surface area contributed by atoms with Gasteiger partial charge in [0.25, 0.3) is 11.8 Å². The Morgan fingerprint density at radius 2 is 1.73 bits per heavy atom. The summed E-state index contributed by atoms with van der Waals surface area (Å²) < 4.78 is 0. The number of anilines is 1. The molecule has 6 nitrogen and oxygen atoms in total. The first-order chi connectivity index (χ1) is 15.7. The molecule has 33 heavy (non-hydrogen) atoms. The number of hydrazine groups is 1. The Labute approximate surface area is 204 Å². The third-order valence-corrected chi connectivity index (χ3v) is 4.74. The largest absolute Gasteiger partial charge is 0.330 e. The van der Waals surface area contributed by atoms with E-state index >= 15 is 0 Å². The van der Waals surface area contributed by atoms with Gasteiger partial charge in [0.15, 0.2) is 5.11 Å². The number of hydrogen-bond donors (Lipinski definition) is 4. The molecule has 0 unspecified atom stereocenters. The molecule has 2 amide bonds. The van der Waals surface area contributed by atoms with Gasteiger partial charge in [-0.2, -0.15) is 0 Å². The van der Waals surface area contributed by atoms with Crippen molar-refractivity contribution >= 4 is 46.4 Å². The summed E-state index contributed by atoms with van der Waals surface area (Å²) in [6, 6.07) is 12.2. The van der Waals surface area contributed by atoms with Gasteiger partial charge in [-0.25, -0.2) is 0 Å². The normalized spacial score (nSPS) is 11.1. The van der Waals surface area contributed by atoms with Crippen LogP contribution in [0.25, 0.3) is 0 Å². The summed E-state index contributed by atoms with van der Waals surface area (Å²) in [5.74, 6) is -0.677. The van der Waals surface area contributed by atoms with Gasteiger partial charge in [0, 0.05) is 16.8 Å². The van der Waals surface area contributed by atoms with E-state index in [1.165, 1.54) is 0 Å². The maximum absolute atomic E-state index is 12.6. The molecule has 172 valence electrons. The number of benzene rings is 2. The van der Waals surface area contributed by atoms with E-state index in [1.54, 1.807) is 30.3 Å². The van der Waals surface area contributed by atoms with Gasteiger partial charge >= 0.3 is 0 Å². The van der Waals surface area contributed by atoms with Crippen LogP contribution in [0.2, 0.25) is 0 Å². The summed E-state index contributed by atoms with van der Waals surface area (Å²) in [7, 11) is 0. The van der Waals surface area contributed by atoms with Crippen LogP contribution >= 0.6 is 23.8 Å². The highest BCUT2D eigenvalue weighted by molar-refractivity contribution is 7.80. The van der Waals surface area contributed by atoms with Gasteiger partial charge < -0.3 is 10.6 Å². The number of nitrogens with one attached hydrogen (secondary N) is 4. The lowest BCUT2D eigenvalue weighted by atomic mass is 10.1. The Bertz CT molecular complexity index is 1100. The van der Waals surface area contributed by atoms with E-state index in [0.717, 1.165) is 17.5 Å². The van der Waals surface area contributed by atoms with Gasteiger partial charge in [0.05, 0.1) is 10.7 Å². The van der Waals surface area contributed by atoms with Crippen molar-refractivity contribution < 1.29 is 9.59 Å². The van der Waals surface area contributed by atoms with E-state index in [9.17, 15) is 9.59 Å². The van der Waals surface area contributed by atoms with E-state index in [-0.39, 0.29) is 16.1 Å². The molecule has 2 rings (SSSR count). The lowest BCUT2D eigenvalue weighted by molar-refractivity contribution is 0.0942. The summed E-state index contributed by atoms with van der Waals surface area (Å²) in [5, 5.41) is 6.11. The van der Waals surface area contributed by atoms with Crippen LogP contribution in [-0.4, -0.2) is 16.9 Å². The van der Waals surface area contributed by atoms with Crippen LogP contribution in [0.3, 0.4) is 0 Å². The summed E-state index contributed by atoms with van der Waals surface area (Å²) in [6.07, 6.45) is 6.39. The minimum absolute atomic E-state index is 0.139. The average Bonchev–Trinajstić information content (AvgIpc) is 2.76. The van der Waals surface area contributed by atoms with Gasteiger partial charge in [-0.1, -0.05) is 60.5 Å². The van der Waals surface area contributed by atoms with Crippen molar-refractivity contribution in [1.82, 2.24) is 16.2 Å². The maximum Gasteiger partial charge on any atom is 0.269 e. The smallest absolute Gasteiger partial charge is 0.269 e. The molecule has 0 radical (unpaired) electrons. The van der Waals surface area contributed by atoms with Crippen LogP contribution in [-0.2, 0) is 0 Å². The lowest BCUT2D eigenvalue weighted by Gasteiger charge is -2.14. The second-order valence-electron chi connectivity index (χ2n) is 7.27. The minimum atomic E-state index is -0.428. The molecule has 0 saturated heterocycles. The number of halogens is 1. The van der Waals surface area contributed by atoms with Crippen LogP contribution in [0.4, 0.5) is 5.69 Å². The van der Waals surface area contributed by atoms with Crippen molar-refractivity contribution in [2.24, 2.45) is 0 Å². The molecule has 0 aromatic heterocycles. The van der Waals surface area contributed by atoms with Crippen LogP contribution in [0, 0.1) is 13.8 Å². The Balaban J connectivity index is 1.99. The molecule has 0 saturated carbocycles. The van der Waals surface area contributed by atoms with Crippen molar-refractivity contribution in [3.8, 4) is 0 Å². The summed E-state index contributed by atoms with van der Waals surface area (Å²) in [5.41, 5.74) is 9.04. The second kappa shape index (κ2) is 12.6. The molecule has 0 aliphatic rings. The first-order valence-electron chi connectivity index (χ1n) is 10.3. The minimum Gasteiger partial charge on any atom is -0.330 e. The number of amides is 2. The maximum atomic E-state index is 12.6. The van der Waals surface area contributed by atoms with E-state index in [4.69, 9.17) is 23.8 Å². The zero-order valence-corrected chi connectivity index (χ0v) is 20.4. The molecular weight excluding hydrogens is 456 g/mol. The summed E-state index contributed by atoms with van der Waals surface area (Å²) in [4.78, 5) is 25.1. The molecule has 2 aromatic rings. The zero-order valence-electron chi connectivity index (χ0n) is 18.8. The van der Waals surface area contributed by atoms with Gasteiger partial charge in [-0.3, -0.25) is 20.4 Å². The number of carbonyl (C=O) groups excluding carboxylic acids is 2. The molecule has 0 fully saturated rings. The van der Waals surface area contributed by atoms with E-state index in [1.807, 2.05) is 51.1 Å². The van der Waals surface area contributed by atoms with Crippen molar-refractivity contribution in [3.63, 3.8) is 0 Å². The molecule has 0 heterocycles. The predicted molar refractivity (Wildman–Crippen MR) is 139 cm³/mol. The van der Waals surface area contributed by atoms with Crippen molar-refractivity contribution in [2.75, 3.05) is 5.32 Å².